The maximum Gasteiger partial charge on any atom is 0.327 e. The molecule has 0 saturated heterocycles. The maximum atomic E-state index is 9.25. The van der Waals surface area contributed by atoms with E-state index in [2.05, 4.69) is 13.5 Å². The molecule has 0 amide bonds. The zero-order chi connectivity index (χ0) is 18.7. The van der Waals surface area contributed by atoms with Gasteiger partial charge in [-0.3, -0.25) is 0 Å². The molecule has 0 atom stereocenters. The highest BCUT2D eigenvalue weighted by atomic mass is 16.9. The van der Waals surface area contributed by atoms with Crippen LogP contribution in [0.2, 0.25) is 0 Å². The molecule has 144 valence electrons. The smallest absolute Gasteiger partial charge is 0.327 e. The van der Waals surface area contributed by atoms with Crippen molar-refractivity contribution in [2.75, 3.05) is 19.8 Å². The molecule has 0 saturated carbocycles. The summed E-state index contributed by atoms with van der Waals surface area (Å²) < 4.78 is 17.1. The molecule has 5 nitrogen and oxygen atoms in total. The van der Waals surface area contributed by atoms with Crippen molar-refractivity contribution in [1.82, 2.24) is 0 Å². The van der Waals surface area contributed by atoms with E-state index in [4.69, 9.17) is 19.3 Å². The highest BCUT2D eigenvalue weighted by Crippen LogP contribution is 2.24. The van der Waals surface area contributed by atoms with Gasteiger partial charge in [-0.2, -0.15) is 0 Å². The zero-order valence-electron chi connectivity index (χ0n) is 16.1. The first-order valence-corrected chi connectivity index (χ1v) is 9.29. The van der Waals surface area contributed by atoms with Gasteiger partial charge < -0.3 is 19.3 Å². The summed E-state index contributed by atoms with van der Waals surface area (Å²) in [6, 6.07) is 0. The van der Waals surface area contributed by atoms with E-state index in [1.54, 1.807) is 0 Å². The third-order valence-electron chi connectivity index (χ3n) is 3.35. The topological polar surface area (TPSA) is 65.0 Å². The summed E-state index contributed by atoms with van der Waals surface area (Å²) >= 11 is 0. The monoisotopic (exact) mass is 346 g/mol. The van der Waals surface area contributed by atoms with Gasteiger partial charge in [-0.05, 0) is 27.2 Å². The molecule has 0 radical (unpaired) electrons. The fourth-order valence-electron chi connectivity index (χ4n) is 2.30. The first-order chi connectivity index (χ1) is 11.5. The number of hydrogen-bond acceptors (Lipinski definition) is 4. The molecule has 0 aliphatic carbocycles. The van der Waals surface area contributed by atoms with Gasteiger partial charge >= 0.3 is 5.97 Å². The predicted molar refractivity (Wildman–Crippen MR) is 98.1 cm³/mol. The van der Waals surface area contributed by atoms with Crippen LogP contribution in [0, 0.1) is 0 Å². The van der Waals surface area contributed by atoms with Crippen LogP contribution in [-0.4, -0.2) is 36.9 Å². The molecule has 0 aliphatic rings. The van der Waals surface area contributed by atoms with Crippen molar-refractivity contribution < 1.29 is 24.1 Å². The Balaban J connectivity index is 0. The quantitative estimate of drug-likeness (QED) is 0.252. The minimum atomic E-state index is -0.981. The molecule has 0 heterocycles. The second kappa shape index (κ2) is 18.4. The highest BCUT2D eigenvalue weighted by Gasteiger charge is 2.31. The summed E-state index contributed by atoms with van der Waals surface area (Å²) in [6.45, 7) is 13.0. The molecule has 0 aromatic carbocycles. The Labute approximate surface area is 148 Å². The van der Waals surface area contributed by atoms with Crippen molar-refractivity contribution in [2.24, 2.45) is 0 Å². The number of carboxylic acid groups (broad SMARTS) is 1. The van der Waals surface area contributed by atoms with Crippen LogP contribution in [0.15, 0.2) is 12.7 Å². The third kappa shape index (κ3) is 16.0. The van der Waals surface area contributed by atoms with Gasteiger partial charge in [0.15, 0.2) is 0 Å². The second-order valence-corrected chi connectivity index (χ2v) is 5.40. The van der Waals surface area contributed by atoms with Gasteiger partial charge in [0.25, 0.3) is 5.97 Å². The van der Waals surface area contributed by atoms with Crippen LogP contribution < -0.4 is 0 Å². The van der Waals surface area contributed by atoms with Crippen LogP contribution in [0.5, 0.6) is 0 Å². The number of rotatable bonds is 15. The summed E-state index contributed by atoms with van der Waals surface area (Å²) in [5.74, 6) is -1.79. The van der Waals surface area contributed by atoms with Crippen LogP contribution in [0.25, 0.3) is 0 Å². The lowest BCUT2D eigenvalue weighted by atomic mass is 10.1. The minimum absolute atomic E-state index is 0.622. The number of carbonyl (C=O) groups is 1. The number of unbranched alkanes of at least 4 members (excludes halogenated alkanes) is 6. The Bertz CT molecular complexity index is 274. The van der Waals surface area contributed by atoms with E-state index in [1.165, 1.54) is 38.5 Å². The normalized spacial score (nSPS) is 10.8. The van der Waals surface area contributed by atoms with Gasteiger partial charge in [0, 0.05) is 32.3 Å². The van der Waals surface area contributed by atoms with Gasteiger partial charge in [0.05, 0.1) is 0 Å². The van der Waals surface area contributed by atoms with E-state index in [0.29, 0.717) is 19.8 Å². The maximum absolute atomic E-state index is 9.25. The number of aliphatic carboxylic acids is 1. The first kappa shape index (κ1) is 25.3. The standard InChI is InChI=1S/C16H34O3.C3H4O2/c1-5-9-10-11-12-13-14-15-16(17-6-2,18-7-3)19-8-4;1-2-3(4)5/h5-15H2,1-4H3;2H,1H2,(H,4,5). The molecule has 24 heavy (non-hydrogen) atoms. The lowest BCUT2D eigenvalue weighted by molar-refractivity contribution is -0.380. The largest absolute Gasteiger partial charge is 0.478 e. The second-order valence-electron chi connectivity index (χ2n) is 5.40. The molecule has 0 unspecified atom stereocenters. The third-order valence-corrected chi connectivity index (χ3v) is 3.35. The average molecular weight is 347 g/mol. The molecule has 0 rings (SSSR count). The molecule has 1 N–H and O–H groups in total. The Morgan fingerprint density at radius 1 is 0.875 bits per heavy atom. The Morgan fingerprint density at radius 2 is 1.25 bits per heavy atom. The van der Waals surface area contributed by atoms with Crippen LogP contribution in [0.1, 0.15) is 79.1 Å². The van der Waals surface area contributed by atoms with E-state index in [1.807, 2.05) is 20.8 Å². The van der Waals surface area contributed by atoms with Crippen molar-refractivity contribution in [1.29, 1.82) is 0 Å². The average Bonchev–Trinajstić information content (AvgIpc) is 2.55. The summed E-state index contributed by atoms with van der Waals surface area (Å²) in [5, 5.41) is 7.60. The van der Waals surface area contributed by atoms with Crippen LogP contribution >= 0.6 is 0 Å². The van der Waals surface area contributed by atoms with E-state index in [9.17, 15) is 4.79 Å². The van der Waals surface area contributed by atoms with Gasteiger partial charge in [0.2, 0.25) is 0 Å². The summed E-state index contributed by atoms with van der Waals surface area (Å²) in [7, 11) is 0. The van der Waals surface area contributed by atoms with Crippen LogP contribution in [-0.2, 0) is 19.0 Å². The van der Waals surface area contributed by atoms with E-state index >= 15 is 0 Å². The molecule has 0 fully saturated rings. The zero-order valence-corrected chi connectivity index (χ0v) is 16.1. The number of ether oxygens (including phenoxy) is 3. The fourth-order valence-corrected chi connectivity index (χ4v) is 2.30. The van der Waals surface area contributed by atoms with Crippen molar-refractivity contribution in [3.63, 3.8) is 0 Å². The molecule has 0 aliphatic heterocycles. The predicted octanol–water partition coefficient (Wildman–Crippen LogP) is 5.15. The van der Waals surface area contributed by atoms with Crippen molar-refractivity contribution in [2.45, 2.75) is 85.0 Å². The molecular formula is C19H38O5. The summed E-state index contributed by atoms with van der Waals surface area (Å²) in [6.07, 6.45) is 10.7. The van der Waals surface area contributed by atoms with Gasteiger partial charge in [-0.25, -0.2) is 4.79 Å². The highest BCUT2D eigenvalue weighted by molar-refractivity contribution is 5.78. The van der Waals surface area contributed by atoms with Crippen molar-refractivity contribution in [3.05, 3.63) is 12.7 Å². The van der Waals surface area contributed by atoms with Crippen LogP contribution in [0.3, 0.4) is 0 Å². The Kier molecular flexibility index (Phi) is 19.5. The molecule has 0 aromatic heterocycles. The molecule has 5 heteroatoms. The fraction of sp³-hybridized carbons (Fsp3) is 0.842. The Hall–Kier alpha value is -0.910. The van der Waals surface area contributed by atoms with Crippen molar-refractivity contribution in [3.8, 4) is 0 Å². The van der Waals surface area contributed by atoms with E-state index in [-0.39, 0.29) is 0 Å². The first-order valence-electron chi connectivity index (χ1n) is 9.29. The molecule has 0 aromatic rings. The van der Waals surface area contributed by atoms with Crippen molar-refractivity contribution >= 4 is 5.97 Å². The lowest BCUT2D eigenvalue weighted by Crippen LogP contribution is -2.39. The van der Waals surface area contributed by atoms with Gasteiger partial charge in [-0.1, -0.05) is 52.0 Å². The lowest BCUT2D eigenvalue weighted by Gasteiger charge is -2.32. The summed E-state index contributed by atoms with van der Waals surface area (Å²) in [4.78, 5) is 9.25. The van der Waals surface area contributed by atoms with Crippen LogP contribution in [0.4, 0.5) is 0 Å². The molecule has 0 spiro atoms. The van der Waals surface area contributed by atoms with E-state index < -0.39 is 11.9 Å². The molecule has 0 bridgehead atoms. The van der Waals surface area contributed by atoms with Gasteiger partial charge in [0.1, 0.15) is 0 Å². The number of carboxylic acids is 1. The van der Waals surface area contributed by atoms with Gasteiger partial charge in [-0.15, -0.1) is 0 Å². The summed E-state index contributed by atoms with van der Waals surface area (Å²) in [5.41, 5.74) is 0. The SMILES string of the molecule is C=CC(=O)O.CCCCCCCCCC(OCC)(OCC)OCC. The molecular weight excluding hydrogens is 308 g/mol. The Morgan fingerprint density at radius 3 is 1.58 bits per heavy atom. The minimum Gasteiger partial charge on any atom is -0.478 e. The van der Waals surface area contributed by atoms with E-state index in [0.717, 1.165) is 18.9 Å². The number of hydrogen-bond donors (Lipinski definition) is 1.